The van der Waals surface area contributed by atoms with Crippen LogP contribution in [0.15, 0.2) is 77.7 Å². The summed E-state index contributed by atoms with van der Waals surface area (Å²) < 4.78 is 18.5. The second kappa shape index (κ2) is 14.2. The van der Waals surface area contributed by atoms with Gasteiger partial charge in [0, 0.05) is 49.0 Å². The predicted octanol–water partition coefficient (Wildman–Crippen LogP) is 5.10. The number of benzene rings is 3. The Labute approximate surface area is 261 Å². The van der Waals surface area contributed by atoms with Gasteiger partial charge < -0.3 is 19.9 Å². The number of thiocarbonyl (C=S) groups is 1. The van der Waals surface area contributed by atoms with E-state index >= 15 is 0 Å². The first-order valence-corrected chi connectivity index (χ1v) is 15.9. The molecule has 226 valence electrons. The van der Waals surface area contributed by atoms with Gasteiger partial charge in [0.25, 0.3) is 5.91 Å². The summed E-state index contributed by atoms with van der Waals surface area (Å²) in [6, 6.07) is 20.8. The lowest BCUT2D eigenvalue weighted by molar-refractivity contribution is -0.124. The molecule has 3 aromatic carbocycles. The number of nitrogens with zero attached hydrogens (tertiary/aromatic N) is 4. The maximum Gasteiger partial charge on any atom is 0.256 e. The lowest BCUT2D eigenvalue weighted by atomic mass is 10.1. The molecule has 0 spiro atoms. The summed E-state index contributed by atoms with van der Waals surface area (Å²) in [7, 11) is 1.59. The Hall–Kier alpha value is -3.67. The maximum absolute atomic E-state index is 13.8. The molecule has 11 heteroatoms. The van der Waals surface area contributed by atoms with Gasteiger partial charge in [0.2, 0.25) is 5.91 Å². The standard InChI is InChI=1S/C32H36FN5O3S2/c1-41-27-13-9-24(10-14-27)34-30(39)22-29-31(40)38(26-5-3-6-28(21-26)43-2)32(42)37(29)16-4-15-35-17-19-36(20-18-35)25-11-7-23(33)8-12-25/h3,5-14,21,29H,4,15-20,22H2,1-2H3,(H,34,39). The largest absolute Gasteiger partial charge is 0.497 e. The molecule has 1 unspecified atom stereocenters. The quantitative estimate of drug-likeness (QED) is 0.235. The van der Waals surface area contributed by atoms with Crippen molar-refractivity contribution < 1.29 is 18.7 Å². The summed E-state index contributed by atoms with van der Waals surface area (Å²) in [6.07, 6.45) is 2.76. The number of hydrogen-bond donors (Lipinski definition) is 1. The van der Waals surface area contributed by atoms with Crippen LogP contribution in [0.2, 0.25) is 0 Å². The number of amides is 2. The normalized spacial score (nSPS) is 17.5. The Kier molecular flexibility index (Phi) is 10.2. The Balaban J connectivity index is 1.23. The van der Waals surface area contributed by atoms with Crippen molar-refractivity contribution in [1.29, 1.82) is 0 Å². The third-order valence-corrected chi connectivity index (χ3v) is 8.96. The smallest absolute Gasteiger partial charge is 0.256 e. The van der Waals surface area contributed by atoms with Gasteiger partial charge in [-0.1, -0.05) is 6.07 Å². The Morgan fingerprint density at radius 2 is 1.72 bits per heavy atom. The minimum absolute atomic E-state index is 0.0138. The van der Waals surface area contributed by atoms with E-state index in [1.807, 2.05) is 47.6 Å². The Bertz CT molecular complexity index is 1430. The number of carbonyl (C=O) groups excluding carboxylic acids is 2. The SMILES string of the molecule is COc1ccc(NC(=O)CC2C(=O)N(c3cccc(SC)c3)C(=S)N2CCCN2CCN(c3ccc(F)cc3)CC2)cc1. The van der Waals surface area contributed by atoms with Crippen LogP contribution in [0.3, 0.4) is 0 Å². The molecule has 0 aromatic heterocycles. The lowest BCUT2D eigenvalue weighted by Gasteiger charge is -2.36. The predicted molar refractivity (Wildman–Crippen MR) is 175 cm³/mol. The summed E-state index contributed by atoms with van der Waals surface area (Å²) in [5.74, 6) is 0.0159. The minimum Gasteiger partial charge on any atom is -0.497 e. The molecular weight excluding hydrogens is 586 g/mol. The summed E-state index contributed by atoms with van der Waals surface area (Å²) in [5.41, 5.74) is 2.37. The van der Waals surface area contributed by atoms with E-state index in [0.29, 0.717) is 28.8 Å². The zero-order chi connectivity index (χ0) is 30.3. The molecule has 0 aliphatic carbocycles. The summed E-state index contributed by atoms with van der Waals surface area (Å²) in [6.45, 7) is 4.91. The van der Waals surface area contributed by atoms with Crippen LogP contribution in [0.5, 0.6) is 5.75 Å². The van der Waals surface area contributed by atoms with Gasteiger partial charge in [-0.15, -0.1) is 11.8 Å². The van der Waals surface area contributed by atoms with E-state index < -0.39 is 6.04 Å². The molecule has 2 saturated heterocycles. The molecular formula is C32H36FN5O3S2. The number of methoxy groups -OCH3 is 1. The van der Waals surface area contributed by atoms with Crippen LogP contribution in [-0.2, 0) is 9.59 Å². The van der Waals surface area contributed by atoms with E-state index in [1.165, 1.54) is 12.1 Å². The van der Waals surface area contributed by atoms with E-state index in [9.17, 15) is 14.0 Å². The van der Waals surface area contributed by atoms with Gasteiger partial charge in [-0.3, -0.25) is 19.4 Å². The summed E-state index contributed by atoms with van der Waals surface area (Å²) >= 11 is 7.46. The van der Waals surface area contributed by atoms with Crippen LogP contribution < -0.4 is 19.9 Å². The zero-order valence-corrected chi connectivity index (χ0v) is 26.0. The van der Waals surface area contributed by atoms with Crippen molar-refractivity contribution in [2.24, 2.45) is 0 Å². The molecule has 0 radical (unpaired) electrons. The maximum atomic E-state index is 13.8. The molecule has 3 aromatic rings. The molecule has 2 heterocycles. The number of anilines is 3. The van der Waals surface area contributed by atoms with Gasteiger partial charge in [0.15, 0.2) is 5.11 Å². The topological polar surface area (TPSA) is 68.4 Å². The van der Waals surface area contributed by atoms with E-state index in [0.717, 1.165) is 49.7 Å². The molecule has 2 aliphatic heterocycles. The van der Waals surface area contributed by atoms with Crippen molar-refractivity contribution in [2.75, 3.05) is 67.8 Å². The third-order valence-electron chi connectivity index (χ3n) is 7.82. The fourth-order valence-electron chi connectivity index (χ4n) is 5.48. The third kappa shape index (κ3) is 7.46. The highest BCUT2D eigenvalue weighted by Crippen LogP contribution is 2.30. The average molecular weight is 622 g/mol. The molecule has 0 bridgehead atoms. The number of rotatable bonds is 11. The van der Waals surface area contributed by atoms with Crippen LogP contribution >= 0.6 is 24.0 Å². The molecule has 2 fully saturated rings. The number of hydrogen-bond acceptors (Lipinski definition) is 7. The monoisotopic (exact) mass is 621 g/mol. The first-order chi connectivity index (χ1) is 20.9. The molecule has 1 atom stereocenters. The zero-order valence-electron chi connectivity index (χ0n) is 24.4. The van der Waals surface area contributed by atoms with Gasteiger partial charge in [0.05, 0.1) is 19.2 Å². The van der Waals surface area contributed by atoms with Crippen molar-refractivity contribution in [3.63, 3.8) is 0 Å². The van der Waals surface area contributed by atoms with Gasteiger partial charge >= 0.3 is 0 Å². The number of piperazine rings is 1. The van der Waals surface area contributed by atoms with Crippen molar-refractivity contribution in [3.05, 3.63) is 78.6 Å². The van der Waals surface area contributed by atoms with Gasteiger partial charge in [-0.2, -0.15) is 0 Å². The van der Waals surface area contributed by atoms with E-state index in [1.54, 1.807) is 48.0 Å². The number of ether oxygens (including phenoxy) is 1. The Morgan fingerprint density at radius 3 is 2.40 bits per heavy atom. The number of thioether (sulfide) groups is 1. The number of carbonyl (C=O) groups is 2. The van der Waals surface area contributed by atoms with Gasteiger partial charge in [-0.25, -0.2) is 4.39 Å². The molecule has 43 heavy (non-hydrogen) atoms. The van der Waals surface area contributed by atoms with Crippen molar-refractivity contribution >= 4 is 58.0 Å². The van der Waals surface area contributed by atoms with Crippen LogP contribution in [0.25, 0.3) is 0 Å². The van der Waals surface area contributed by atoms with Crippen molar-refractivity contribution in [2.45, 2.75) is 23.8 Å². The minimum atomic E-state index is -0.695. The molecule has 1 N–H and O–H groups in total. The van der Waals surface area contributed by atoms with E-state index in [-0.39, 0.29) is 24.1 Å². The second-order valence-electron chi connectivity index (χ2n) is 10.5. The molecule has 5 rings (SSSR count). The molecule has 2 amide bonds. The first-order valence-electron chi connectivity index (χ1n) is 14.3. The second-order valence-corrected chi connectivity index (χ2v) is 11.8. The van der Waals surface area contributed by atoms with Crippen LogP contribution in [0.4, 0.5) is 21.5 Å². The highest BCUT2D eigenvalue weighted by atomic mass is 32.2. The van der Waals surface area contributed by atoms with E-state index in [2.05, 4.69) is 15.1 Å². The number of nitrogens with one attached hydrogen (secondary N) is 1. The highest BCUT2D eigenvalue weighted by Gasteiger charge is 2.44. The van der Waals surface area contributed by atoms with Gasteiger partial charge in [-0.05, 0) is 98.2 Å². The first kappa shape index (κ1) is 30.8. The average Bonchev–Trinajstić information content (AvgIpc) is 3.26. The fourth-order valence-corrected chi connectivity index (χ4v) is 6.35. The molecule has 0 saturated carbocycles. The van der Waals surface area contributed by atoms with Crippen LogP contribution in [0, 0.1) is 5.82 Å². The highest BCUT2D eigenvalue weighted by molar-refractivity contribution is 7.98. The Morgan fingerprint density at radius 1 is 1.00 bits per heavy atom. The van der Waals surface area contributed by atoms with E-state index in [4.69, 9.17) is 17.0 Å². The van der Waals surface area contributed by atoms with Crippen molar-refractivity contribution in [1.82, 2.24) is 9.80 Å². The van der Waals surface area contributed by atoms with Crippen LogP contribution in [0.1, 0.15) is 12.8 Å². The summed E-state index contributed by atoms with van der Waals surface area (Å²) in [5, 5.41) is 3.33. The molecule has 2 aliphatic rings. The number of halogens is 1. The lowest BCUT2D eigenvalue weighted by Crippen LogP contribution is -2.47. The van der Waals surface area contributed by atoms with Crippen molar-refractivity contribution in [3.8, 4) is 5.75 Å². The van der Waals surface area contributed by atoms with Gasteiger partial charge in [0.1, 0.15) is 17.6 Å². The summed E-state index contributed by atoms with van der Waals surface area (Å²) in [4.78, 5) is 36.1. The molecule has 8 nitrogen and oxygen atoms in total. The van der Waals surface area contributed by atoms with Crippen LogP contribution in [-0.4, -0.2) is 85.4 Å². The fraction of sp³-hybridized carbons (Fsp3) is 0.344.